The van der Waals surface area contributed by atoms with Gasteiger partial charge in [-0.2, -0.15) is 0 Å². The van der Waals surface area contributed by atoms with Crippen LogP contribution in [0.5, 0.6) is 0 Å². The molecule has 2 fully saturated rings. The molecule has 0 bridgehead atoms. The highest BCUT2D eigenvalue weighted by Crippen LogP contribution is 2.30. The number of carboxylic acid groups (broad SMARTS) is 1. The lowest BCUT2D eigenvalue weighted by atomic mass is 10.1. The van der Waals surface area contributed by atoms with Gasteiger partial charge in [-0.1, -0.05) is 0 Å². The fourth-order valence-corrected chi connectivity index (χ4v) is 1.40. The van der Waals surface area contributed by atoms with E-state index in [-0.39, 0.29) is 0 Å². The highest BCUT2D eigenvalue weighted by Gasteiger charge is 2.56. The molecule has 2 aliphatic rings. The molecule has 8 heteroatoms. The van der Waals surface area contributed by atoms with Gasteiger partial charge in [0.25, 0.3) is 5.97 Å². The van der Waals surface area contributed by atoms with Crippen LogP contribution >= 0.6 is 0 Å². The number of aliphatic carboxylic acids is 1. The lowest BCUT2D eigenvalue weighted by molar-refractivity contribution is -0.168. The number of aliphatic hydroxyl groups is 3. The molecule has 2 rings (SSSR count). The van der Waals surface area contributed by atoms with Gasteiger partial charge < -0.3 is 29.9 Å². The Balaban J connectivity index is 0.000000280. The van der Waals surface area contributed by atoms with E-state index in [2.05, 4.69) is 9.47 Å². The lowest BCUT2D eigenvalue weighted by Gasteiger charge is -2.10. The first-order valence-corrected chi connectivity index (χ1v) is 4.44. The van der Waals surface area contributed by atoms with Gasteiger partial charge in [0.05, 0.1) is 0 Å². The first-order valence-electron chi connectivity index (χ1n) is 4.44. The number of carboxylic acids is 1. The van der Waals surface area contributed by atoms with Crippen LogP contribution in [0.4, 0.5) is 0 Å². The third-order valence-electron chi connectivity index (χ3n) is 2.05. The molecule has 0 aromatic carbocycles. The molecule has 5 atom stereocenters. The van der Waals surface area contributed by atoms with Crippen LogP contribution in [-0.2, 0) is 19.1 Å². The molecule has 2 aliphatic heterocycles. The normalized spacial score (nSPS) is 40.8. The minimum atomic E-state index is -1.40. The third-order valence-corrected chi connectivity index (χ3v) is 2.05. The Hall–Kier alpha value is -1.22. The van der Waals surface area contributed by atoms with Crippen LogP contribution in [0.2, 0.25) is 0 Å². The van der Waals surface area contributed by atoms with Gasteiger partial charge in [0.2, 0.25) is 0 Å². The number of fused-ring (bicyclic) bond motifs is 1. The van der Waals surface area contributed by atoms with E-state index >= 15 is 0 Å². The van der Waals surface area contributed by atoms with Crippen molar-refractivity contribution < 1.29 is 39.5 Å². The smallest absolute Gasteiger partial charge is 0.338 e. The molecule has 92 valence electrons. The predicted octanol–water partition coefficient (Wildman–Crippen LogP) is -2.56. The summed E-state index contributed by atoms with van der Waals surface area (Å²) in [6, 6.07) is 0. The summed E-state index contributed by atoms with van der Waals surface area (Å²) in [4.78, 5) is 19.7. The Kier molecular flexibility index (Phi) is 3.81. The van der Waals surface area contributed by atoms with E-state index in [1.54, 1.807) is 0 Å². The highest BCUT2D eigenvalue weighted by molar-refractivity contribution is 5.78. The molecule has 0 aromatic rings. The van der Waals surface area contributed by atoms with Crippen LogP contribution < -0.4 is 0 Å². The predicted molar refractivity (Wildman–Crippen MR) is 46.1 cm³/mol. The number of carbonyl (C=O) groups is 2. The molecular weight excluding hydrogens is 224 g/mol. The molecule has 0 amide bonds. The zero-order valence-corrected chi connectivity index (χ0v) is 8.31. The topological polar surface area (TPSA) is 134 Å². The zero-order chi connectivity index (χ0) is 12.5. The zero-order valence-electron chi connectivity index (χ0n) is 8.31. The highest BCUT2D eigenvalue weighted by atomic mass is 16.7. The third kappa shape index (κ3) is 2.47. The van der Waals surface area contributed by atoms with Gasteiger partial charge in [0.1, 0.15) is 12.2 Å². The fraction of sp³-hybridized carbons (Fsp3) is 0.750. The maximum Gasteiger partial charge on any atom is 0.338 e. The maximum absolute atomic E-state index is 10.7. The van der Waals surface area contributed by atoms with Crippen molar-refractivity contribution in [3.05, 3.63) is 0 Å². The van der Waals surface area contributed by atoms with Crippen LogP contribution in [0.3, 0.4) is 0 Å². The summed E-state index contributed by atoms with van der Waals surface area (Å²) in [5, 5.41) is 34.6. The van der Waals surface area contributed by atoms with Crippen LogP contribution in [0.1, 0.15) is 6.92 Å². The second-order valence-corrected chi connectivity index (χ2v) is 3.35. The summed E-state index contributed by atoms with van der Waals surface area (Å²) in [5.74, 6) is -1.66. The van der Waals surface area contributed by atoms with E-state index in [0.717, 1.165) is 6.92 Å². The van der Waals surface area contributed by atoms with Gasteiger partial charge in [-0.25, -0.2) is 4.79 Å². The van der Waals surface area contributed by atoms with Crippen molar-refractivity contribution >= 4 is 11.9 Å². The lowest BCUT2D eigenvalue weighted by Crippen LogP contribution is -2.32. The second-order valence-electron chi connectivity index (χ2n) is 3.35. The number of aliphatic hydroxyl groups excluding tert-OH is 3. The van der Waals surface area contributed by atoms with Gasteiger partial charge in [-0.05, 0) is 0 Å². The molecule has 0 saturated carbocycles. The molecule has 0 aromatic heterocycles. The number of rotatable bonds is 0. The number of esters is 1. The van der Waals surface area contributed by atoms with Gasteiger partial charge in [0.15, 0.2) is 18.5 Å². The van der Waals surface area contributed by atoms with Gasteiger partial charge in [-0.15, -0.1) is 0 Å². The second kappa shape index (κ2) is 4.74. The van der Waals surface area contributed by atoms with E-state index in [9.17, 15) is 4.79 Å². The number of hydrogen-bond acceptors (Lipinski definition) is 7. The molecule has 2 saturated heterocycles. The van der Waals surface area contributed by atoms with E-state index in [1.807, 2.05) is 0 Å². The molecule has 2 heterocycles. The van der Waals surface area contributed by atoms with Crippen molar-refractivity contribution in [2.75, 3.05) is 0 Å². The Morgan fingerprint density at radius 1 is 1.25 bits per heavy atom. The first kappa shape index (κ1) is 12.8. The molecular formula is C8H12O8. The fourth-order valence-electron chi connectivity index (χ4n) is 1.40. The minimum Gasteiger partial charge on any atom is -0.481 e. The van der Waals surface area contributed by atoms with Crippen molar-refractivity contribution in [1.29, 1.82) is 0 Å². The van der Waals surface area contributed by atoms with Crippen LogP contribution in [0.25, 0.3) is 0 Å². The molecule has 0 radical (unpaired) electrons. The van der Waals surface area contributed by atoms with E-state index in [4.69, 9.17) is 25.2 Å². The summed E-state index contributed by atoms with van der Waals surface area (Å²) in [5.41, 5.74) is 0. The van der Waals surface area contributed by atoms with Crippen molar-refractivity contribution in [3.63, 3.8) is 0 Å². The maximum atomic E-state index is 10.7. The first-order chi connectivity index (χ1) is 7.34. The Labute approximate surface area is 90.0 Å². The van der Waals surface area contributed by atoms with E-state index < -0.39 is 42.6 Å². The van der Waals surface area contributed by atoms with E-state index in [1.165, 1.54) is 0 Å². The largest absolute Gasteiger partial charge is 0.481 e. The van der Waals surface area contributed by atoms with Crippen LogP contribution in [-0.4, -0.2) is 63.1 Å². The molecule has 4 N–H and O–H groups in total. The van der Waals surface area contributed by atoms with E-state index in [0.29, 0.717) is 0 Å². The number of hydrogen-bond donors (Lipinski definition) is 4. The summed E-state index contributed by atoms with van der Waals surface area (Å²) in [6.07, 6.45) is -5.94. The van der Waals surface area contributed by atoms with Crippen LogP contribution in [0.15, 0.2) is 0 Å². The molecule has 0 aliphatic carbocycles. The van der Waals surface area contributed by atoms with Crippen molar-refractivity contribution in [2.45, 2.75) is 37.6 Å². The van der Waals surface area contributed by atoms with Gasteiger partial charge in [-0.3, -0.25) is 4.79 Å². The van der Waals surface area contributed by atoms with Crippen molar-refractivity contribution in [2.24, 2.45) is 0 Å². The SMILES string of the molecule is CC(=O)O.O=C1O[C@H]2[C@H](OC(O)[C@@H]2O)[C@@H]1O. The summed E-state index contributed by atoms with van der Waals surface area (Å²) in [6.45, 7) is 1.08. The quantitative estimate of drug-likeness (QED) is 0.337. The minimum absolute atomic E-state index is 0.823. The number of carbonyl (C=O) groups excluding carboxylic acids is 1. The summed E-state index contributed by atoms with van der Waals surface area (Å²) in [7, 11) is 0. The molecule has 16 heavy (non-hydrogen) atoms. The van der Waals surface area contributed by atoms with Crippen molar-refractivity contribution in [3.8, 4) is 0 Å². The average molecular weight is 236 g/mol. The Bertz CT molecular complexity index is 286. The van der Waals surface area contributed by atoms with Crippen molar-refractivity contribution in [1.82, 2.24) is 0 Å². The van der Waals surface area contributed by atoms with Crippen LogP contribution in [0, 0.1) is 0 Å². The standard InChI is InChI=1S/C6H8O6.C2H4O2/c7-1-3-4(12-5(1)9)2(8)6(10)11-3;1-2(3)4/h1-5,7-9H;1H3,(H,3,4)/t1-,2+,3-,4-,5?;/m1./s1. The Morgan fingerprint density at radius 2 is 1.75 bits per heavy atom. The summed E-state index contributed by atoms with van der Waals surface area (Å²) >= 11 is 0. The van der Waals surface area contributed by atoms with Gasteiger partial charge >= 0.3 is 5.97 Å². The Morgan fingerprint density at radius 3 is 2.19 bits per heavy atom. The molecule has 1 unspecified atom stereocenters. The summed E-state index contributed by atoms with van der Waals surface area (Å²) < 4.78 is 9.25. The molecule has 0 spiro atoms. The monoisotopic (exact) mass is 236 g/mol. The van der Waals surface area contributed by atoms with Gasteiger partial charge in [0, 0.05) is 6.92 Å². The molecule has 8 nitrogen and oxygen atoms in total. The number of ether oxygens (including phenoxy) is 2. The average Bonchev–Trinajstić information content (AvgIpc) is 2.57.